The first-order valence-electron chi connectivity index (χ1n) is 9.29. The number of benzene rings is 2. The average Bonchev–Trinajstić information content (AvgIpc) is 3.28. The summed E-state index contributed by atoms with van der Waals surface area (Å²) in [6.07, 6.45) is 1.32. The van der Waals surface area contributed by atoms with E-state index >= 15 is 0 Å². The molecule has 9 nitrogen and oxygen atoms in total. The van der Waals surface area contributed by atoms with Crippen molar-refractivity contribution in [1.29, 1.82) is 5.26 Å². The predicted octanol–water partition coefficient (Wildman–Crippen LogP) is 3.75. The van der Waals surface area contributed by atoms with Crippen LogP contribution in [0, 0.1) is 11.3 Å². The molecule has 0 spiro atoms. The number of hydrogen-bond acceptors (Lipinski definition) is 9. The summed E-state index contributed by atoms with van der Waals surface area (Å²) < 4.78 is 28.7. The highest BCUT2D eigenvalue weighted by Crippen LogP contribution is 2.22. The number of nitriles is 1. The molecule has 0 fully saturated rings. The van der Waals surface area contributed by atoms with Gasteiger partial charge in [-0.25, -0.2) is 13.2 Å². The Hall–Kier alpha value is -3.59. The van der Waals surface area contributed by atoms with E-state index in [1.165, 1.54) is 37.3 Å². The van der Waals surface area contributed by atoms with E-state index in [-0.39, 0.29) is 26.5 Å². The van der Waals surface area contributed by atoms with Crippen molar-refractivity contribution in [1.82, 2.24) is 10.2 Å². The first-order chi connectivity index (χ1) is 15.7. The number of sulfone groups is 1. The Labute approximate surface area is 198 Å². The fraction of sp³-hybridized carbons (Fsp3) is 0.0952. The number of halogens is 1. The first-order valence-corrected chi connectivity index (χ1v) is 12.1. The van der Waals surface area contributed by atoms with Crippen molar-refractivity contribution in [2.75, 3.05) is 11.1 Å². The van der Waals surface area contributed by atoms with Crippen molar-refractivity contribution in [2.24, 2.45) is 0 Å². The van der Waals surface area contributed by atoms with Gasteiger partial charge in [-0.15, -0.1) is 10.2 Å². The summed E-state index contributed by atoms with van der Waals surface area (Å²) >= 11 is 6.50. The van der Waals surface area contributed by atoms with Crippen LogP contribution in [0.1, 0.15) is 22.8 Å². The fourth-order valence-electron chi connectivity index (χ4n) is 2.37. The van der Waals surface area contributed by atoms with E-state index in [1.54, 1.807) is 30.3 Å². The van der Waals surface area contributed by atoms with Gasteiger partial charge in [0.25, 0.3) is 5.91 Å². The third-order valence-electron chi connectivity index (χ3n) is 4.12. The Kier molecular flexibility index (Phi) is 7.55. The normalized spacial score (nSPS) is 11.5. The number of aromatic nitrogens is 2. The average molecular weight is 503 g/mol. The van der Waals surface area contributed by atoms with Gasteiger partial charge in [0.05, 0.1) is 11.3 Å². The number of nitrogens with one attached hydrogen (secondary N) is 1. The van der Waals surface area contributed by atoms with Gasteiger partial charge < -0.3 is 4.74 Å². The van der Waals surface area contributed by atoms with Gasteiger partial charge in [0, 0.05) is 5.02 Å². The topological polar surface area (TPSA) is 139 Å². The predicted molar refractivity (Wildman–Crippen MR) is 123 cm³/mol. The lowest BCUT2D eigenvalue weighted by molar-refractivity contribution is -0.112. The van der Waals surface area contributed by atoms with Gasteiger partial charge >= 0.3 is 5.97 Å². The minimum absolute atomic E-state index is 0.0439. The third kappa shape index (κ3) is 6.23. The molecule has 0 radical (unpaired) electrons. The lowest BCUT2D eigenvalue weighted by atomic mass is 10.1. The first kappa shape index (κ1) is 24.1. The summed E-state index contributed by atoms with van der Waals surface area (Å²) in [7, 11) is -3.55. The molecule has 0 unspecified atom stereocenters. The van der Waals surface area contributed by atoms with Crippen LogP contribution >= 0.6 is 22.9 Å². The van der Waals surface area contributed by atoms with Crippen molar-refractivity contribution in [3.63, 3.8) is 0 Å². The quantitative estimate of drug-likeness (QED) is 0.169. The number of nitrogens with zero attached hydrogens (tertiary/aromatic N) is 3. The second-order valence-electron chi connectivity index (χ2n) is 6.37. The number of carbonyl (C=O) groups is 2. The Balaban J connectivity index is 1.68. The lowest BCUT2D eigenvalue weighted by Gasteiger charge is -2.05. The molecule has 33 heavy (non-hydrogen) atoms. The Bertz CT molecular complexity index is 1360. The molecule has 3 rings (SSSR count). The third-order valence-corrected chi connectivity index (χ3v) is 7.39. The van der Waals surface area contributed by atoms with Crippen LogP contribution < -0.4 is 10.1 Å². The van der Waals surface area contributed by atoms with Gasteiger partial charge in [-0.3, -0.25) is 10.1 Å². The SMILES string of the molecule is CCS(=O)(=O)c1nnc(NC(=O)C(C#N)=Cc2ccc(OC(=O)c3ccc(Cl)cc3)cc2)s1. The summed E-state index contributed by atoms with van der Waals surface area (Å²) in [4.78, 5) is 24.5. The number of esters is 1. The molecule has 0 aliphatic carbocycles. The summed E-state index contributed by atoms with van der Waals surface area (Å²) in [6, 6.07) is 14.2. The Morgan fingerprint density at radius 2 is 1.82 bits per heavy atom. The molecule has 168 valence electrons. The molecule has 0 aliphatic rings. The van der Waals surface area contributed by atoms with Gasteiger partial charge in [-0.2, -0.15) is 5.26 Å². The van der Waals surface area contributed by atoms with E-state index in [2.05, 4.69) is 15.5 Å². The molecule has 0 saturated carbocycles. The van der Waals surface area contributed by atoms with Crippen LogP contribution in [0.25, 0.3) is 6.08 Å². The number of ether oxygens (including phenoxy) is 1. The maximum absolute atomic E-state index is 12.4. The van der Waals surface area contributed by atoms with Gasteiger partial charge in [0.2, 0.25) is 19.3 Å². The second-order valence-corrected chi connectivity index (χ2v) is 10.2. The molecule has 0 bridgehead atoms. The van der Waals surface area contributed by atoms with E-state index in [1.807, 2.05) is 0 Å². The summed E-state index contributed by atoms with van der Waals surface area (Å²) in [6.45, 7) is 1.47. The van der Waals surface area contributed by atoms with E-state index in [4.69, 9.17) is 16.3 Å². The largest absolute Gasteiger partial charge is 0.423 e. The maximum atomic E-state index is 12.4. The molecule has 0 saturated heterocycles. The van der Waals surface area contributed by atoms with E-state index in [0.29, 0.717) is 27.5 Å². The zero-order valence-corrected chi connectivity index (χ0v) is 19.4. The molecule has 12 heteroatoms. The van der Waals surface area contributed by atoms with Crippen LogP contribution in [0.2, 0.25) is 5.02 Å². The monoisotopic (exact) mass is 502 g/mol. The zero-order valence-electron chi connectivity index (χ0n) is 17.0. The minimum atomic E-state index is -3.55. The van der Waals surface area contributed by atoms with E-state index in [9.17, 15) is 23.3 Å². The molecule has 0 aliphatic heterocycles. The maximum Gasteiger partial charge on any atom is 0.343 e. The molecule has 2 aromatic carbocycles. The van der Waals surface area contributed by atoms with Crippen molar-refractivity contribution >= 4 is 55.9 Å². The summed E-state index contributed by atoms with van der Waals surface area (Å²) in [5, 5.41) is 19.3. The van der Waals surface area contributed by atoms with Crippen molar-refractivity contribution in [2.45, 2.75) is 11.3 Å². The van der Waals surface area contributed by atoms with Crippen LogP contribution in [0.4, 0.5) is 5.13 Å². The second kappa shape index (κ2) is 10.4. The zero-order chi connectivity index (χ0) is 24.0. The molecule has 1 N–H and O–H groups in total. The van der Waals surface area contributed by atoms with Crippen LogP contribution in [0.5, 0.6) is 5.75 Å². The van der Waals surface area contributed by atoms with Crippen LogP contribution in [0.15, 0.2) is 58.4 Å². The van der Waals surface area contributed by atoms with Crippen LogP contribution in [-0.2, 0) is 14.6 Å². The van der Waals surface area contributed by atoms with E-state index in [0.717, 1.165) is 0 Å². The molecule has 3 aromatic rings. The number of rotatable bonds is 7. The number of amides is 1. The van der Waals surface area contributed by atoms with Crippen molar-refractivity contribution < 1.29 is 22.7 Å². The van der Waals surface area contributed by atoms with Crippen LogP contribution in [-0.4, -0.2) is 36.2 Å². The molecule has 1 aromatic heterocycles. The highest BCUT2D eigenvalue weighted by atomic mass is 35.5. The number of anilines is 1. The Morgan fingerprint density at radius 1 is 1.15 bits per heavy atom. The van der Waals surface area contributed by atoms with Crippen molar-refractivity contribution in [3.8, 4) is 11.8 Å². The standard InChI is InChI=1S/C21H15ClN4O5S2/c1-2-33(29,30)21-26-25-20(32-21)24-18(27)15(12-23)11-13-3-9-17(10-4-13)31-19(28)14-5-7-16(22)8-6-14/h3-11H,2H2,1H3,(H,24,25,27). The fourth-order valence-corrected chi connectivity index (χ4v) is 4.48. The van der Waals surface area contributed by atoms with Gasteiger partial charge in [0.1, 0.15) is 17.4 Å². The smallest absolute Gasteiger partial charge is 0.343 e. The summed E-state index contributed by atoms with van der Waals surface area (Å²) in [5.41, 5.74) is 0.592. The Morgan fingerprint density at radius 3 is 2.42 bits per heavy atom. The molecule has 0 atom stereocenters. The molecule has 1 heterocycles. The van der Waals surface area contributed by atoms with Crippen molar-refractivity contribution in [3.05, 3.63) is 70.3 Å². The highest BCUT2D eigenvalue weighted by Gasteiger charge is 2.20. The number of carbonyl (C=O) groups excluding carboxylic acids is 2. The van der Waals surface area contributed by atoms with Gasteiger partial charge in [0.15, 0.2) is 0 Å². The molecular formula is C21H15ClN4O5S2. The highest BCUT2D eigenvalue weighted by molar-refractivity contribution is 7.93. The molecular weight excluding hydrogens is 488 g/mol. The minimum Gasteiger partial charge on any atom is -0.423 e. The number of hydrogen-bond donors (Lipinski definition) is 1. The molecule has 1 amide bonds. The lowest BCUT2D eigenvalue weighted by Crippen LogP contribution is -2.13. The van der Waals surface area contributed by atoms with Crippen LogP contribution in [0.3, 0.4) is 0 Å². The van der Waals surface area contributed by atoms with Gasteiger partial charge in [-0.05, 0) is 48.0 Å². The summed E-state index contributed by atoms with van der Waals surface area (Å²) in [5.74, 6) is -1.21. The van der Waals surface area contributed by atoms with Gasteiger partial charge in [-0.1, -0.05) is 42.0 Å². The van der Waals surface area contributed by atoms with E-state index < -0.39 is 21.7 Å².